The number of aryl methyl sites for hydroxylation is 1. The first kappa shape index (κ1) is 14.7. The van der Waals surface area contributed by atoms with E-state index >= 15 is 0 Å². The molecule has 0 saturated heterocycles. The van der Waals surface area contributed by atoms with Crippen LogP contribution >= 0.6 is 0 Å². The van der Waals surface area contributed by atoms with Gasteiger partial charge in [0.05, 0.1) is 12.5 Å². The summed E-state index contributed by atoms with van der Waals surface area (Å²) < 4.78 is 0. The number of unbranched alkanes of at least 4 members (excludes halogenated alkanes) is 1. The summed E-state index contributed by atoms with van der Waals surface area (Å²) in [4.78, 5) is 10.6. The molecule has 18 heavy (non-hydrogen) atoms. The molecule has 0 saturated carbocycles. The lowest BCUT2D eigenvalue weighted by Gasteiger charge is -2.10. The molecule has 1 aromatic rings. The Kier molecular flexibility index (Phi) is 7.06. The van der Waals surface area contributed by atoms with Crippen LogP contribution in [0.5, 0.6) is 0 Å². The number of hydrogen-bond acceptors (Lipinski definition) is 3. The molecule has 0 aromatic heterocycles. The number of benzene rings is 1. The Labute approximate surface area is 108 Å². The van der Waals surface area contributed by atoms with Crippen LogP contribution in [0.1, 0.15) is 18.4 Å². The highest BCUT2D eigenvalue weighted by molar-refractivity contribution is 5.70. The number of hydrogen-bond donors (Lipinski definition) is 3. The molecule has 0 spiro atoms. The van der Waals surface area contributed by atoms with E-state index in [2.05, 4.69) is 17.4 Å². The summed E-state index contributed by atoms with van der Waals surface area (Å²) in [5, 5.41) is 20.6. The standard InChI is InChI=1S/C14H21NO3/c16-11-13(14(17)18)10-15-9-5-4-8-12-6-2-1-3-7-12/h1-3,6-7,13,15-16H,4-5,8-11H2,(H,17,18). The summed E-state index contributed by atoms with van der Waals surface area (Å²) in [6, 6.07) is 10.3. The minimum atomic E-state index is -0.950. The van der Waals surface area contributed by atoms with E-state index in [0.717, 1.165) is 25.8 Å². The predicted molar refractivity (Wildman–Crippen MR) is 70.5 cm³/mol. The highest BCUT2D eigenvalue weighted by atomic mass is 16.4. The van der Waals surface area contributed by atoms with E-state index in [-0.39, 0.29) is 6.61 Å². The van der Waals surface area contributed by atoms with Gasteiger partial charge in [0.1, 0.15) is 0 Å². The van der Waals surface area contributed by atoms with E-state index in [1.807, 2.05) is 18.2 Å². The van der Waals surface area contributed by atoms with Crippen molar-refractivity contribution in [1.82, 2.24) is 5.32 Å². The number of carboxylic acid groups (broad SMARTS) is 1. The number of aliphatic carboxylic acids is 1. The van der Waals surface area contributed by atoms with Crippen molar-refractivity contribution in [1.29, 1.82) is 0 Å². The van der Waals surface area contributed by atoms with Crippen LogP contribution in [0.4, 0.5) is 0 Å². The molecule has 1 rings (SSSR count). The fourth-order valence-corrected chi connectivity index (χ4v) is 1.73. The Balaban J connectivity index is 2.04. The van der Waals surface area contributed by atoms with Crippen LogP contribution in [-0.2, 0) is 11.2 Å². The highest BCUT2D eigenvalue weighted by Gasteiger charge is 2.14. The van der Waals surface area contributed by atoms with Crippen LogP contribution in [0.3, 0.4) is 0 Å². The van der Waals surface area contributed by atoms with Gasteiger partial charge in [0.25, 0.3) is 0 Å². The smallest absolute Gasteiger partial charge is 0.310 e. The molecule has 0 aliphatic carbocycles. The van der Waals surface area contributed by atoms with Crippen molar-refractivity contribution in [3.63, 3.8) is 0 Å². The van der Waals surface area contributed by atoms with Gasteiger partial charge in [-0.2, -0.15) is 0 Å². The average molecular weight is 251 g/mol. The Bertz CT molecular complexity index is 340. The van der Waals surface area contributed by atoms with Crippen LogP contribution in [0.15, 0.2) is 30.3 Å². The maximum atomic E-state index is 10.6. The second kappa shape index (κ2) is 8.66. The van der Waals surface area contributed by atoms with E-state index in [1.165, 1.54) is 5.56 Å². The molecular formula is C14H21NO3. The Morgan fingerprint density at radius 1 is 1.22 bits per heavy atom. The van der Waals surface area contributed by atoms with Crippen LogP contribution < -0.4 is 5.32 Å². The lowest BCUT2D eigenvalue weighted by atomic mass is 10.1. The van der Waals surface area contributed by atoms with E-state index < -0.39 is 11.9 Å². The quantitative estimate of drug-likeness (QED) is 0.578. The summed E-state index contributed by atoms with van der Waals surface area (Å²) in [5.74, 6) is -1.64. The Hall–Kier alpha value is -1.39. The van der Waals surface area contributed by atoms with Gasteiger partial charge in [0, 0.05) is 6.54 Å². The average Bonchev–Trinajstić information content (AvgIpc) is 2.38. The normalized spacial score (nSPS) is 12.3. The number of aliphatic hydroxyl groups is 1. The zero-order valence-electron chi connectivity index (χ0n) is 10.5. The first-order valence-electron chi connectivity index (χ1n) is 6.32. The van der Waals surface area contributed by atoms with Crippen molar-refractivity contribution in [2.75, 3.05) is 19.7 Å². The van der Waals surface area contributed by atoms with Gasteiger partial charge in [0.2, 0.25) is 0 Å². The first-order valence-corrected chi connectivity index (χ1v) is 6.32. The molecule has 0 aliphatic heterocycles. The monoisotopic (exact) mass is 251 g/mol. The van der Waals surface area contributed by atoms with Crippen LogP contribution in [0, 0.1) is 5.92 Å². The fraction of sp³-hybridized carbons (Fsp3) is 0.500. The molecule has 0 amide bonds. The van der Waals surface area contributed by atoms with E-state index in [0.29, 0.717) is 6.54 Å². The Morgan fingerprint density at radius 2 is 1.94 bits per heavy atom. The molecule has 4 heteroatoms. The number of aliphatic hydroxyl groups excluding tert-OH is 1. The van der Waals surface area contributed by atoms with Gasteiger partial charge in [0.15, 0.2) is 0 Å². The minimum absolute atomic E-state index is 0.313. The summed E-state index contributed by atoms with van der Waals surface area (Å²) in [6.45, 7) is 0.806. The second-order valence-electron chi connectivity index (χ2n) is 4.36. The summed E-state index contributed by atoms with van der Waals surface area (Å²) in [7, 11) is 0. The molecule has 0 bridgehead atoms. The lowest BCUT2D eigenvalue weighted by Crippen LogP contribution is -2.31. The van der Waals surface area contributed by atoms with E-state index in [4.69, 9.17) is 10.2 Å². The third-order valence-electron chi connectivity index (χ3n) is 2.87. The molecule has 4 nitrogen and oxygen atoms in total. The summed E-state index contributed by atoms with van der Waals surface area (Å²) in [5.41, 5.74) is 1.33. The van der Waals surface area contributed by atoms with Gasteiger partial charge in [-0.05, 0) is 31.4 Å². The van der Waals surface area contributed by atoms with Crippen molar-refractivity contribution in [3.8, 4) is 0 Å². The van der Waals surface area contributed by atoms with E-state index in [1.54, 1.807) is 0 Å². The van der Waals surface area contributed by atoms with Crippen molar-refractivity contribution in [3.05, 3.63) is 35.9 Å². The van der Waals surface area contributed by atoms with Crippen LogP contribution in [0.2, 0.25) is 0 Å². The SMILES string of the molecule is O=C(O)C(CO)CNCCCCc1ccccc1. The van der Waals surface area contributed by atoms with Gasteiger partial charge in [-0.1, -0.05) is 30.3 Å². The fourth-order valence-electron chi connectivity index (χ4n) is 1.73. The molecular weight excluding hydrogens is 230 g/mol. The molecule has 0 fully saturated rings. The van der Waals surface area contributed by atoms with Crippen molar-refractivity contribution < 1.29 is 15.0 Å². The third kappa shape index (κ3) is 5.80. The predicted octanol–water partition coefficient (Wildman–Crippen LogP) is 1.29. The van der Waals surface area contributed by atoms with E-state index in [9.17, 15) is 4.79 Å². The summed E-state index contributed by atoms with van der Waals surface area (Å²) in [6.07, 6.45) is 3.13. The molecule has 1 unspecified atom stereocenters. The van der Waals surface area contributed by atoms with Gasteiger partial charge < -0.3 is 15.5 Å². The van der Waals surface area contributed by atoms with Crippen molar-refractivity contribution in [2.45, 2.75) is 19.3 Å². The maximum Gasteiger partial charge on any atom is 0.310 e. The van der Waals surface area contributed by atoms with Crippen LogP contribution in [-0.4, -0.2) is 35.9 Å². The topological polar surface area (TPSA) is 69.6 Å². The van der Waals surface area contributed by atoms with Gasteiger partial charge in [-0.15, -0.1) is 0 Å². The first-order chi connectivity index (χ1) is 8.74. The number of carbonyl (C=O) groups is 1. The number of nitrogens with one attached hydrogen (secondary N) is 1. The molecule has 3 N–H and O–H groups in total. The highest BCUT2D eigenvalue weighted by Crippen LogP contribution is 2.03. The number of carboxylic acids is 1. The third-order valence-corrected chi connectivity index (χ3v) is 2.87. The van der Waals surface area contributed by atoms with Crippen LogP contribution in [0.25, 0.3) is 0 Å². The molecule has 1 atom stereocenters. The Morgan fingerprint density at radius 3 is 2.56 bits per heavy atom. The summed E-state index contributed by atoms with van der Waals surface area (Å²) >= 11 is 0. The molecule has 100 valence electrons. The molecule has 0 heterocycles. The largest absolute Gasteiger partial charge is 0.481 e. The lowest BCUT2D eigenvalue weighted by molar-refractivity contribution is -0.142. The van der Waals surface area contributed by atoms with Gasteiger partial charge in [-0.3, -0.25) is 4.79 Å². The molecule has 0 radical (unpaired) electrons. The zero-order chi connectivity index (χ0) is 13.2. The minimum Gasteiger partial charge on any atom is -0.481 e. The second-order valence-corrected chi connectivity index (χ2v) is 4.36. The maximum absolute atomic E-state index is 10.6. The van der Waals surface area contributed by atoms with Gasteiger partial charge in [-0.25, -0.2) is 0 Å². The van der Waals surface area contributed by atoms with Crippen molar-refractivity contribution >= 4 is 5.97 Å². The number of rotatable bonds is 9. The molecule has 1 aromatic carbocycles. The van der Waals surface area contributed by atoms with Crippen molar-refractivity contribution in [2.24, 2.45) is 5.92 Å². The molecule has 0 aliphatic rings. The zero-order valence-corrected chi connectivity index (χ0v) is 10.5. The van der Waals surface area contributed by atoms with Gasteiger partial charge >= 0.3 is 5.97 Å².